The third-order valence-corrected chi connectivity index (χ3v) is 9.30. The van der Waals surface area contributed by atoms with Crippen molar-refractivity contribution < 1.29 is 0 Å². The average Bonchev–Trinajstić information content (AvgIpc) is 3.61. The highest BCUT2D eigenvalue weighted by Gasteiger charge is 2.19. The molecule has 0 saturated heterocycles. The monoisotopic (exact) mass is 574 g/mol. The number of pyridine rings is 1. The Labute approximate surface area is 258 Å². The molecule has 0 spiro atoms. The van der Waals surface area contributed by atoms with Gasteiger partial charge in [0.15, 0.2) is 0 Å². The van der Waals surface area contributed by atoms with E-state index in [1.807, 2.05) is 18.5 Å². The van der Waals surface area contributed by atoms with Crippen LogP contribution in [0.2, 0.25) is 0 Å². The Hall–Kier alpha value is -6.13. The summed E-state index contributed by atoms with van der Waals surface area (Å²) in [6.07, 6.45) is 3.78. The Morgan fingerprint density at radius 1 is 0.356 bits per heavy atom. The molecule has 10 rings (SSSR count). The molecule has 0 radical (unpaired) electrons. The lowest BCUT2D eigenvalue weighted by atomic mass is 10.1. The quantitative estimate of drug-likeness (QED) is 0.202. The fraction of sp³-hybridized carbons (Fsp3) is 0. The number of hydrogen-bond donors (Lipinski definition) is 0. The molecule has 4 nitrogen and oxygen atoms in total. The van der Waals surface area contributed by atoms with E-state index >= 15 is 0 Å². The first-order valence-corrected chi connectivity index (χ1v) is 15.3. The predicted octanol–water partition coefficient (Wildman–Crippen LogP) is 10.4. The maximum atomic E-state index is 4.50. The van der Waals surface area contributed by atoms with Crippen LogP contribution in [0.15, 0.2) is 158 Å². The van der Waals surface area contributed by atoms with Gasteiger partial charge in [-0.05, 0) is 54.6 Å². The van der Waals surface area contributed by atoms with Crippen LogP contribution in [0.25, 0.3) is 82.3 Å². The number of hydrogen-bond acceptors (Lipinski definition) is 1. The number of aromatic nitrogens is 4. The van der Waals surface area contributed by atoms with E-state index in [0.717, 1.165) is 39.0 Å². The molecular formula is C41H26N4. The van der Waals surface area contributed by atoms with Crippen LogP contribution in [0.5, 0.6) is 0 Å². The van der Waals surface area contributed by atoms with E-state index in [0.29, 0.717) is 0 Å². The van der Waals surface area contributed by atoms with Gasteiger partial charge >= 0.3 is 0 Å². The van der Waals surface area contributed by atoms with Crippen molar-refractivity contribution in [3.05, 3.63) is 158 Å². The van der Waals surface area contributed by atoms with Crippen LogP contribution in [-0.2, 0) is 0 Å². The molecule has 6 aromatic carbocycles. The lowest BCUT2D eigenvalue weighted by Crippen LogP contribution is -2.02. The molecule has 0 aliphatic rings. The first-order valence-electron chi connectivity index (χ1n) is 15.3. The van der Waals surface area contributed by atoms with E-state index in [1.165, 1.54) is 43.4 Å². The molecule has 0 N–H and O–H groups in total. The van der Waals surface area contributed by atoms with E-state index in [9.17, 15) is 0 Å². The summed E-state index contributed by atoms with van der Waals surface area (Å²) in [6.45, 7) is 0. The number of nitrogens with zero attached hydrogens (tertiary/aromatic N) is 4. The summed E-state index contributed by atoms with van der Waals surface area (Å²) in [4.78, 5) is 4.50. The molecular weight excluding hydrogens is 548 g/mol. The minimum absolute atomic E-state index is 1.04. The molecule has 10 aromatic rings. The van der Waals surface area contributed by atoms with Gasteiger partial charge in [0.05, 0.1) is 50.5 Å². The summed E-state index contributed by atoms with van der Waals surface area (Å²) < 4.78 is 7.28. The minimum Gasteiger partial charge on any atom is -0.308 e. The number of rotatable bonds is 2. The molecule has 0 aliphatic carbocycles. The van der Waals surface area contributed by atoms with Gasteiger partial charge in [0, 0.05) is 44.2 Å². The van der Waals surface area contributed by atoms with Crippen LogP contribution in [0.4, 0.5) is 0 Å². The fourth-order valence-corrected chi connectivity index (χ4v) is 7.48. The molecule has 0 saturated carbocycles. The summed E-state index contributed by atoms with van der Waals surface area (Å²) in [5.41, 5.74) is 10.3. The van der Waals surface area contributed by atoms with E-state index in [-0.39, 0.29) is 0 Å². The molecule has 0 aliphatic heterocycles. The molecule has 4 heterocycles. The number of para-hydroxylation sites is 5. The lowest BCUT2D eigenvalue weighted by Gasteiger charge is -2.17. The maximum Gasteiger partial charge on any atom is 0.0724 e. The third kappa shape index (κ3) is 3.34. The van der Waals surface area contributed by atoms with E-state index < -0.39 is 0 Å². The third-order valence-electron chi connectivity index (χ3n) is 9.30. The molecule has 4 aromatic heterocycles. The summed E-state index contributed by atoms with van der Waals surface area (Å²) in [6, 6.07) is 52.8. The van der Waals surface area contributed by atoms with E-state index in [1.54, 1.807) is 0 Å². The van der Waals surface area contributed by atoms with Crippen LogP contribution in [-0.4, -0.2) is 18.5 Å². The van der Waals surface area contributed by atoms with Crippen molar-refractivity contribution in [2.24, 2.45) is 0 Å². The Kier molecular flexibility index (Phi) is 4.96. The molecule has 0 fully saturated rings. The van der Waals surface area contributed by atoms with Gasteiger partial charge < -0.3 is 13.5 Å². The second-order valence-corrected chi connectivity index (χ2v) is 11.7. The molecule has 0 amide bonds. The zero-order valence-electron chi connectivity index (χ0n) is 24.3. The summed E-state index contributed by atoms with van der Waals surface area (Å²) >= 11 is 0. The van der Waals surface area contributed by atoms with Crippen LogP contribution in [0, 0.1) is 0 Å². The molecule has 0 atom stereocenters. The molecule has 0 bridgehead atoms. The van der Waals surface area contributed by atoms with Gasteiger partial charge in [-0.15, -0.1) is 0 Å². The van der Waals surface area contributed by atoms with Crippen molar-refractivity contribution in [2.75, 3.05) is 0 Å². The van der Waals surface area contributed by atoms with Crippen LogP contribution in [0.1, 0.15) is 0 Å². The van der Waals surface area contributed by atoms with Gasteiger partial charge in [-0.25, -0.2) is 0 Å². The Bertz CT molecular complexity index is 2800. The van der Waals surface area contributed by atoms with Crippen molar-refractivity contribution in [1.82, 2.24) is 18.5 Å². The summed E-state index contributed by atoms with van der Waals surface area (Å²) in [5.74, 6) is 0. The first-order chi connectivity index (χ1) is 22.4. The normalized spacial score (nSPS) is 12.0. The largest absolute Gasteiger partial charge is 0.308 e. The van der Waals surface area contributed by atoms with Gasteiger partial charge in [-0.3, -0.25) is 4.98 Å². The van der Waals surface area contributed by atoms with Crippen LogP contribution in [0.3, 0.4) is 0 Å². The highest BCUT2D eigenvalue weighted by atomic mass is 15.0. The highest BCUT2D eigenvalue weighted by Crippen LogP contribution is 2.40. The number of benzene rings is 6. The molecule has 210 valence electrons. The minimum atomic E-state index is 1.04. The zero-order chi connectivity index (χ0) is 29.5. The van der Waals surface area contributed by atoms with Crippen molar-refractivity contribution >= 4 is 70.9 Å². The maximum absolute atomic E-state index is 4.50. The standard InChI is InChI=1S/C41H26N4/c1-2-12-27(13-3-1)43-35-20-7-4-15-29(35)32-18-10-19-33-30-16-5-9-22-37(30)45(41(32)33)39-24-34-31-17-6-8-21-36(31)44(38(34)25-40(39)43)28-14-11-23-42-26-28/h1-26H. The van der Waals surface area contributed by atoms with E-state index in [2.05, 4.69) is 158 Å². The second kappa shape index (κ2) is 9.18. The zero-order valence-corrected chi connectivity index (χ0v) is 24.3. The van der Waals surface area contributed by atoms with Gasteiger partial charge in [-0.2, -0.15) is 0 Å². The van der Waals surface area contributed by atoms with Crippen molar-refractivity contribution in [1.29, 1.82) is 0 Å². The van der Waals surface area contributed by atoms with Gasteiger partial charge in [0.1, 0.15) is 0 Å². The highest BCUT2D eigenvalue weighted by molar-refractivity contribution is 6.21. The lowest BCUT2D eigenvalue weighted by molar-refractivity contribution is 1.13. The van der Waals surface area contributed by atoms with Crippen molar-refractivity contribution in [3.8, 4) is 11.4 Å². The Morgan fingerprint density at radius 3 is 1.60 bits per heavy atom. The fourth-order valence-electron chi connectivity index (χ4n) is 7.48. The molecule has 0 unspecified atom stereocenters. The summed E-state index contributed by atoms with van der Waals surface area (Å²) in [5, 5.41) is 7.37. The first kappa shape index (κ1) is 24.3. The molecule has 4 heteroatoms. The second-order valence-electron chi connectivity index (χ2n) is 11.7. The van der Waals surface area contributed by atoms with Crippen molar-refractivity contribution in [2.45, 2.75) is 0 Å². The van der Waals surface area contributed by atoms with E-state index in [4.69, 9.17) is 0 Å². The van der Waals surface area contributed by atoms with Gasteiger partial charge in [0.25, 0.3) is 0 Å². The van der Waals surface area contributed by atoms with Crippen LogP contribution < -0.4 is 0 Å². The molecule has 45 heavy (non-hydrogen) atoms. The Morgan fingerprint density at radius 2 is 0.911 bits per heavy atom. The van der Waals surface area contributed by atoms with Crippen molar-refractivity contribution in [3.63, 3.8) is 0 Å². The topological polar surface area (TPSA) is 27.2 Å². The summed E-state index contributed by atoms with van der Waals surface area (Å²) in [7, 11) is 0. The Balaban J connectivity index is 1.59. The van der Waals surface area contributed by atoms with Gasteiger partial charge in [0.2, 0.25) is 0 Å². The SMILES string of the molecule is c1ccc(-n2c3ccccc3c3cccc4c5ccccc5n(c5cc6c7ccccc7n(-c7cccnc7)c6cc52)c34)cc1. The van der Waals surface area contributed by atoms with Gasteiger partial charge in [-0.1, -0.05) is 91.0 Å². The smallest absolute Gasteiger partial charge is 0.0724 e. The van der Waals surface area contributed by atoms with Crippen LogP contribution >= 0.6 is 0 Å². The number of fused-ring (bicyclic) bond motifs is 10. The average molecular weight is 575 g/mol. The predicted molar refractivity (Wildman–Crippen MR) is 188 cm³/mol.